The van der Waals surface area contributed by atoms with Gasteiger partial charge in [0.25, 0.3) is 0 Å². The van der Waals surface area contributed by atoms with Crippen LogP contribution in [0.3, 0.4) is 0 Å². The average molecular weight is 1870 g/mol. The number of para-hydroxylation sites is 4. The van der Waals surface area contributed by atoms with Gasteiger partial charge in [-0.2, -0.15) is 5.26 Å². The maximum absolute atomic E-state index is 9.14. The van der Waals surface area contributed by atoms with E-state index in [4.69, 9.17) is 82.7 Å². The SMILES string of the molecule is C.CCc1nc2cc(-c3nc(-c4ccc(-c5nc(-c6ccccc6)nc(-c6ccccc6)n5)cc4)c4ccccc4n3)ccc2o1.N#Cc1ccc(-c2nc(-c3ccc4oc(-c5ccccc5)nc4c3)nc3ccccc23)cc1.c1ccc(-c2nc3cc(-c4nc(-c5cccc6ccccc56)c5ccccc5n4)ccc3o2)cc1.c1ccc(-c2nc3cc(-c4nc(-c5ccccc5)c5ccccc5n4)ccc3o2)cc1. The van der Waals surface area contributed by atoms with Gasteiger partial charge in [-0.3, -0.25) is 0 Å². The van der Waals surface area contributed by atoms with Gasteiger partial charge < -0.3 is 17.7 Å². The van der Waals surface area contributed by atoms with Crippen LogP contribution in [0.25, 0.3) is 258 Å². The van der Waals surface area contributed by atoms with Crippen molar-refractivity contribution in [2.45, 2.75) is 20.8 Å². The van der Waals surface area contributed by atoms with Gasteiger partial charge >= 0.3 is 0 Å². The topological polar surface area (TPSA) is 270 Å². The van der Waals surface area contributed by atoms with Gasteiger partial charge in [-0.15, -0.1) is 0 Å². The number of hydrogen-bond donors (Lipinski definition) is 0. The van der Waals surface area contributed by atoms with Gasteiger partial charge in [-0.05, 0) is 156 Å². The molecule has 0 amide bonds. The number of fused-ring (bicyclic) bond motifs is 9. The monoisotopic (exact) mass is 1870 g/mol. The summed E-state index contributed by atoms with van der Waals surface area (Å²) in [4.78, 5) is 72.8. The van der Waals surface area contributed by atoms with E-state index >= 15 is 0 Å². The number of aromatic nitrogens is 15. The van der Waals surface area contributed by atoms with E-state index in [1.165, 1.54) is 10.8 Å². The molecule has 0 saturated carbocycles. The minimum atomic E-state index is 0. The predicted octanol–water partition coefficient (Wildman–Crippen LogP) is 30.8. The van der Waals surface area contributed by atoms with E-state index in [1.807, 2.05) is 353 Å². The van der Waals surface area contributed by atoms with Crippen molar-refractivity contribution in [3.63, 3.8) is 0 Å². The van der Waals surface area contributed by atoms with Crippen LogP contribution >= 0.6 is 0 Å². The Bertz CT molecular complexity index is 9460. The van der Waals surface area contributed by atoms with E-state index in [0.717, 1.165) is 190 Å². The van der Waals surface area contributed by atoms with Crippen molar-refractivity contribution in [3.05, 3.63) is 454 Å². The zero-order chi connectivity index (χ0) is 96.2. The molecule has 27 aromatic rings. The third-order valence-electron chi connectivity index (χ3n) is 24.9. The summed E-state index contributed by atoms with van der Waals surface area (Å²) in [6, 6.07) is 148. The fourth-order valence-corrected chi connectivity index (χ4v) is 17.7. The Kier molecular flexibility index (Phi) is 24.2. The second-order valence-corrected chi connectivity index (χ2v) is 34.2. The van der Waals surface area contributed by atoms with E-state index in [2.05, 4.69) is 106 Å². The first-order valence-corrected chi connectivity index (χ1v) is 47.1. The van der Waals surface area contributed by atoms with Crippen LogP contribution in [0.15, 0.2) is 461 Å². The summed E-state index contributed by atoms with van der Waals surface area (Å²) in [6.07, 6.45) is 0.738. The molecule has 9 aromatic heterocycles. The standard InChI is InChI=1S/C38H26N6O.C31H19N3O.C28H16N4O.C27H17N3O.CH4/c1-2-33-39-31-23-28(21-22-32(31)45-33)38-40-30-16-10-9-15-29(30)34(41-38)24-17-19-27(20-18-24)37-43-35(25-11-5-3-6-12-25)42-36(44-37)26-13-7-4-8-14-26;1-2-10-21(11-3-1)31-33-27-19-22(17-18-28(27)35-31)30-32-26-16-7-6-14-25(26)29(34-30)24-15-8-12-20-9-4-5-13-23(20)24;29-17-18-10-12-19(13-11-18)26-22-8-4-5-9-23(22)30-27(32-26)21-14-15-25-24(16-21)31-28(33-25)20-6-2-1-3-7-20;1-3-9-18(10-4-1)25-21-13-7-8-14-22(21)28-26(30-25)20-15-16-24-23(17-20)29-27(31-24)19-11-5-2-6-12-19;/h3-23H,2H2,1H3;1-19H;1-16H;1-17H;1H4. The molecule has 0 aliphatic rings. The van der Waals surface area contributed by atoms with Crippen molar-refractivity contribution >= 4 is 98.8 Å². The molecule has 145 heavy (non-hydrogen) atoms. The van der Waals surface area contributed by atoms with Crippen LogP contribution < -0.4 is 0 Å². The summed E-state index contributed by atoms with van der Waals surface area (Å²) >= 11 is 0. The molecule has 18 aromatic carbocycles. The highest BCUT2D eigenvalue weighted by Crippen LogP contribution is 2.41. The lowest BCUT2D eigenvalue weighted by Crippen LogP contribution is -2.00. The zero-order valence-corrected chi connectivity index (χ0v) is 77.1. The minimum absolute atomic E-state index is 0. The van der Waals surface area contributed by atoms with E-state index in [1.54, 1.807) is 12.1 Å². The Morgan fingerprint density at radius 2 is 0.462 bits per heavy atom. The first-order valence-electron chi connectivity index (χ1n) is 47.1. The molecule has 0 spiro atoms. The van der Waals surface area contributed by atoms with Crippen LogP contribution in [0.5, 0.6) is 0 Å². The Balaban J connectivity index is 0.000000108. The second-order valence-electron chi connectivity index (χ2n) is 34.2. The van der Waals surface area contributed by atoms with Gasteiger partial charge in [0, 0.05) is 106 Å². The zero-order valence-electron chi connectivity index (χ0n) is 77.1. The van der Waals surface area contributed by atoms with E-state index in [0.29, 0.717) is 75.5 Å². The van der Waals surface area contributed by atoms with Gasteiger partial charge in [-0.1, -0.05) is 312 Å². The van der Waals surface area contributed by atoms with Crippen molar-refractivity contribution in [2.24, 2.45) is 0 Å². The number of oxazole rings is 4. The molecule has 0 unspecified atom stereocenters. The predicted molar refractivity (Wildman–Crippen MR) is 576 cm³/mol. The molecule has 0 bridgehead atoms. The normalized spacial score (nSPS) is 11.2. The first kappa shape index (κ1) is 88.9. The Morgan fingerprint density at radius 3 is 0.828 bits per heavy atom. The summed E-state index contributed by atoms with van der Waals surface area (Å²) in [5.74, 6) is 6.96. The van der Waals surface area contributed by atoms with Crippen LogP contribution in [0.1, 0.15) is 25.8 Å². The fourth-order valence-electron chi connectivity index (χ4n) is 17.7. The highest BCUT2D eigenvalue weighted by molar-refractivity contribution is 6.05. The maximum Gasteiger partial charge on any atom is 0.227 e. The number of nitriles is 1. The molecule has 9 heterocycles. The van der Waals surface area contributed by atoms with Gasteiger partial charge in [0.15, 0.2) is 69.0 Å². The fraction of sp³-hybridized carbons (Fsp3) is 0.0240. The molecule has 0 aliphatic carbocycles. The summed E-state index contributed by atoms with van der Waals surface area (Å²) in [5, 5.41) is 15.5. The molecule has 0 aliphatic heterocycles. The molecule has 20 heteroatoms. The molecular weight excluding hydrogens is 1790 g/mol. The van der Waals surface area contributed by atoms with E-state index < -0.39 is 0 Å². The summed E-state index contributed by atoms with van der Waals surface area (Å²) in [7, 11) is 0. The van der Waals surface area contributed by atoms with E-state index in [-0.39, 0.29) is 7.43 Å². The van der Waals surface area contributed by atoms with Gasteiger partial charge in [0.2, 0.25) is 17.7 Å². The average Bonchev–Trinajstić information content (AvgIpc) is 1.38. The molecule has 0 saturated heterocycles. The molecule has 0 fully saturated rings. The van der Waals surface area contributed by atoms with Crippen LogP contribution in [-0.2, 0) is 6.42 Å². The highest BCUT2D eigenvalue weighted by atomic mass is 16.4. The van der Waals surface area contributed by atoms with Crippen molar-refractivity contribution in [2.75, 3.05) is 0 Å². The van der Waals surface area contributed by atoms with Gasteiger partial charge in [-0.25, -0.2) is 74.8 Å². The quantitative estimate of drug-likeness (QED) is 0.0922. The Hall–Kier alpha value is -20.0. The number of nitrogens with zero attached hydrogens (tertiary/aromatic N) is 16. The van der Waals surface area contributed by atoms with Gasteiger partial charge in [0.1, 0.15) is 22.1 Å². The van der Waals surface area contributed by atoms with Crippen molar-refractivity contribution in [3.8, 4) is 165 Å². The molecule has 686 valence electrons. The lowest BCUT2D eigenvalue weighted by atomic mass is 9.99. The first-order chi connectivity index (χ1) is 71.2. The molecule has 0 radical (unpaired) electrons. The third kappa shape index (κ3) is 18.4. The minimum Gasteiger partial charge on any atom is -0.441 e. The molecular formula is C125H82N16O4. The number of aryl methyl sites for hydroxylation is 1. The van der Waals surface area contributed by atoms with Crippen LogP contribution in [-0.4, -0.2) is 74.8 Å². The smallest absolute Gasteiger partial charge is 0.227 e. The number of rotatable bonds is 15. The van der Waals surface area contributed by atoms with Crippen molar-refractivity contribution in [1.29, 1.82) is 5.26 Å². The summed E-state index contributed by atoms with van der Waals surface area (Å²) < 4.78 is 23.7. The Labute approximate surface area is 831 Å². The lowest BCUT2D eigenvalue weighted by Gasteiger charge is -2.11. The molecule has 20 nitrogen and oxygen atoms in total. The lowest BCUT2D eigenvalue weighted by molar-refractivity contribution is 0.538. The molecule has 0 N–H and O–H groups in total. The highest BCUT2D eigenvalue weighted by Gasteiger charge is 2.23. The van der Waals surface area contributed by atoms with E-state index in [9.17, 15) is 0 Å². The van der Waals surface area contributed by atoms with Crippen molar-refractivity contribution < 1.29 is 17.7 Å². The van der Waals surface area contributed by atoms with Crippen LogP contribution in [0.4, 0.5) is 0 Å². The number of benzene rings is 18. The largest absolute Gasteiger partial charge is 0.441 e. The molecule has 0 atom stereocenters. The number of hydrogen-bond acceptors (Lipinski definition) is 20. The van der Waals surface area contributed by atoms with Crippen molar-refractivity contribution in [1.82, 2.24) is 74.8 Å². The van der Waals surface area contributed by atoms with Crippen LogP contribution in [0, 0.1) is 11.3 Å². The van der Waals surface area contributed by atoms with Gasteiger partial charge in [0.05, 0.1) is 56.5 Å². The second kappa shape index (κ2) is 39.5. The Morgan fingerprint density at radius 1 is 0.200 bits per heavy atom. The summed E-state index contributed by atoms with van der Waals surface area (Å²) in [5.41, 5.74) is 27.0. The maximum atomic E-state index is 9.14. The third-order valence-corrected chi connectivity index (χ3v) is 24.9. The molecule has 27 rings (SSSR count). The van der Waals surface area contributed by atoms with Crippen LogP contribution in [0.2, 0.25) is 0 Å². The summed E-state index contributed by atoms with van der Waals surface area (Å²) in [6.45, 7) is 2.03.